The maximum Gasteiger partial charge on any atom is 0.243 e. The van der Waals surface area contributed by atoms with Gasteiger partial charge in [0.2, 0.25) is 11.8 Å². The predicted molar refractivity (Wildman–Crippen MR) is 96.9 cm³/mol. The van der Waals surface area contributed by atoms with E-state index in [1.54, 1.807) is 0 Å². The Morgan fingerprint density at radius 2 is 1.96 bits per heavy atom. The molecule has 24 heavy (non-hydrogen) atoms. The second-order valence-corrected chi connectivity index (χ2v) is 6.88. The maximum absolute atomic E-state index is 12.1. The van der Waals surface area contributed by atoms with E-state index in [0.717, 1.165) is 29.9 Å². The third kappa shape index (κ3) is 5.34. The van der Waals surface area contributed by atoms with Crippen LogP contribution in [0, 0.1) is 25.7 Å². The molecule has 5 nitrogen and oxygen atoms in total. The van der Waals surface area contributed by atoms with Gasteiger partial charge in [-0.05, 0) is 62.7 Å². The largest absolute Gasteiger partial charge is 0.347 e. The fourth-order valence-corrected chi connectivity index (χ4v) is 3.27. The molecule has 1 aliphatic heterocycles. The Hall–Kier alpha value is -1.88. The van der Waals surface area contributed by atoms with Gasteiger partial charge in [0, 0.05) is 12.1 Å². The number of rotatable bonds is 6. The van der Waals surface area contributed by atoms with Crippen molar-refractivity contribution in [1.82, 2.24) is 10.6 Å². The van der Waals surface area contributed by atoms with E-state index in [1.807, 2.05) is 32.0 Å². The summed E-state index contributed by atoms with van der Waals surface area (Å²) in [5, 5.41) is 9.01. The average Bonchev–Trinajstić information content (AvgIpc) is 2.57. The Balaban J connectivity index is 1.75. The topological polar surface area (TPSA) is 70.2 Å². The summed E-state index contributed by atoms with van der Waals surface area (Å²) in [4.78, 5) is 24.1. The van der Waals surface area contributed by atoms with Crippen molar-refractivity contribution in [3.63, 3.8) is 0 Å². The third-order valence-electron chi connectivity index (χ3n) is 4.84. The second kappa shape index (κ2) is 8.83. The zero-order chi connectivity index (χ0) is 17.5. The van der Waals surface area contributed by atoms with Crippen LogP contribution < -0.4 is 16.0 Å². The van der Waals surface area contributed by atoms with Crippen molar-refractivity contribution in [3.8, 4) is 0 Å². The molecule has 1 saturated heterocycles. The Kier molecular flexibility index (Phi) is 6.79. The molecule has 0 bridgehead atoms. The van der Waals surface area contributed by atoms with E-state index in [1.165, 1.54) is 12.8 Å². The molecular weight excluding hydrogens is 302 g/mol. The minimum Gasteiger partial charge on any atom is -0.347 e. The molecule has 132 valence electrons. The van der Waals surface area contributed by atoms with E-state index < -0.39 is 0 Å². The SMILES string of the molecule is Cc1cccc(C)c1NC(=O)CNC(=O)CC(C)C1CCCNC1. The molecule has 2 unspecified atom stereocenters. The molecule has 1 fully saturated rings. The van der Waals surface area contributed by atoms with Gasteiger partial charge in [-0.15, -0.1) is 0 Å². The zero-order valence-electron chi connectivity index (χ0n) is 14.9. The molecule has 2 amide bonds. The molecule has 0 aromatic heterocycles. The van der Waals surface area contributed by atoms with E-state index in [9.17, 15) is 9.59 Å². The normalized spacial score (nSPS) is 18.7. The average molecular weight is 331 g/mol. The molecule has 1 heterocycles. The number of carbonyl (C=O) groups excluding carboxylic acids is 2. The van der Waals surface area contributed by atoms with Crippen molar-refractivity contribution in [1.29, 1.82) is 0 Å². The molecule has 2 rings (SSSR count). The van der Waals surface area contributed by atoms with Crippen LogP contribution in [-0.2, 0) is 9.59 Å². The van der Waals surface area contributed by atoms with Crippen molar-refractivity contribution < 1.29 is 9.59 Å². The van der Waals surface area contributed by atoms with Gasteiger partial charge in [-0.2, -0.15) is 0 Å². The van der Waals surface area contributed by atoms with Crippen LogP contribution >= 0.6 is 0 Å². The molecular formula is C19H29N3O2. The molecule has 0 radical (unpaired) electrons. The second-order valence-electron chi connectivity index (χ2n) is 6.88. The van der Waals surface area contributed by atoms with E-state index in [4.69, 9.17) is 0 Å². The van der Waals surface area contributed by atoms with E-state index in [2.05, 4.69) is 22.9 Å². The number of anilines is 1. The smallest absolute Gasteiger partial charge is 0.243 e. The van der Waals surface area contributed by atoms with Gasteiger partial charge in [0.1, 0.15) is 0 Å². The van der Waals surface area contributed by atoms with Crippen LogP contribution in [-0.4, -0.2) is 31.4 Å². The van der Waals surface area contributed by atoms with E-state index >= 15 is 0 Å². The molecule has 1 aliphatic rings. The van der Waals surface area contributed by atoms with E-state index in [0.29, 0.717) is 18.3 Å². The summed E-state index contributed by atoms with van der Waals surface area (Å²) in [5.74, 6) is 0.643. The predicted octanol–water partition coefficient (Wildman–Crippen LogP) is 2.38. The quantitative estimate of drug-likeness (QED) is 0.749. The van der Waals surface area contributed by atoms with Crippen LogP contribution in [0.4, 0.5) is 5.69 Å². The number of piperidine rings is 1. The van der Waals surface area contributed by atoms with Gasteiger partial charge in [0.25, 0.3) is 0 Å². The van der Waals surface area contributed by atoms with Crippen molar-refractivity contribution in [2.75, 3.05) is 25.0 Å². The summed E-state index contributed by atoms with van der Waals surface area (Å²) in [6, 6.07) is 5.88. The summed E-state index contributed by atoms with van der Waals surface area (Å²) in [5.41, 5.74) is 2.87. The summed E-state index contributed by atoms with van der Waals surface area (Å²) >= 11 is 0. The van der Waals surface area contributed by atoms with Gasteiger partial charge in [0.15, 0.2) is 0 Å². The number of para-hydroxylation sites is 1. The minimum atomic E-state index is -0.187. The standard InChI is InChI=1S/C19H29N3O2/c1-13-6-4-7-14(2)19(13)22-18(24)12-21-17(23)10-15(3)16-8-5-9-20-11-16/h4,6-7,15-16,20H,5,8-12H2,1-3H3,(H,21,23)(H,22,24). The Morgan fingerprint density at radius 1 is 1.25 bits per heavy atom. The molecule has 0 aliphatic carbocycles. The van der Waals surface area contributed by atoms with Gasteiger partial charge in [-0.25, -0.2) is 0 Å². The first kappa shape index (κ1) is 18.5. The number of nitrogens with one attached hydrogen (secondary N) is 3. The minimum absolute atomic E-state index is 0.0161. The Bertz CT molecular complexity index is 560. The Morgan fingerprint density at radius 3 is 2.58 bits per heavy atom. The maximum atomic E-state index is 12.1. The molecule has 2 atom stereocenters. The van der Waals surface area contributed by atoms with E-state index in [-0.39, 0.29) is 18.4 Å². The first-order chi connectivity index (χ1) is 11.5. The lowest BCUT2D eigenvalue weighted by atomic mass is 9.85. The van der Waals surface area contributed by atoms with Crippen LogP contribution in [0.15, 0.2) is 18.2 Å². The van der Waals surface area contributed by atoms with Crippen LogP contribution in [0.3, 0.4) is 0 Å². The van der Waals surface area contributed by atoms with Gasteiger partial charge < -0.3 is 16.0 Å². The highest BCUT2D eigenvalue weighted by atomic mass is 16.2. The lowest BCUT2D eigenvalue weighted by molar-refractivity contribution is -0.125. The highest BCUT2D eigenvalue weighted by Crippen LogP contribution is 2.22. The number of amides is 2. The van der Waals surface area contributed by atoms with Crippen molar-refractivity contribution in [2.24, 2.45) is 11.8 Å². The molecule has 1 aromatic carbocycles. The number of hydrogen-bond donors (Lipinski definition) is 3. The van der Waals surface area contributed by atoms with Crippen LogP contribution in [0.1, 0.15) is 37.3 Å². The van der Waals surface area contributed by atoms with Gasteiger partial charge in [0.05, 0.1) is 6.54 Å². The number of benzene rings is 1. The zero-order valence-corrected chi connectivity index (χ0v) is 14.9. The fraction of sp³-hybridized carbons (Fsp3) is 0.579. The summed E-state index contributed by atoms with van der Waals surface area (Å²) in [6.45, 7) is 8.12. The van der Waals surface area contributed by atoms with Gasteiger partial charge in [-0.1, -0.05) is 25.1 Å². The molecule has 5 heteroatoms. The van der Waals surface area contributed by atoms with Crippen molar-refractivity contribution in [3.05, 3.63) is 29.3 Å². The first-order valence-corrected chi connectivity index (χ1v) is 8.81. The van der Waals surface area contributed by atoms with Gasteiger partial charge in [-0.3, -0.25) is 9.59 Å². The summed E-state index contributed by atoms with van der Waals surface area (Å²) < 4.78 is 0. The highest BCUT2D eigenvalue weighted by molar-refractivity contribution is 5.95. The van der Waals surface area contributed by atoms with Crippen LogP contribution in [0.25, 0.3) is 0 Å². The number of hydrogen-bond acceptors (Lipinski definition) is 3. The fourth-order valence-electron chi connectivity index (χ4n) is 3.27. The third-order valence-corrected chi connectivity index (χ3v) is 4.84. The van der Waals surface area contributed by atoms with Crippen LogP contribution in [0.5, 0.6) is 0 Å². The Labute approximate surface area is 144 Å². The monoisotopic (exact) mass is 331 g/mol. The van der Waals surface area contributed by atoms with Crippen LogP contribution in [0.2, 0.25) is 0 Å². The number of carbonyl (C=O) groups is 2. The summed E-state index contributed by atoms with van der Waals surface area (Å²) in [7, 11) is 0. The lowest BCUT2D eigenvalue weighted by Gasteiger charge is -2.28. The molecule has 1 aromatic rings. The number of aryl methyl sites for hydroxylation is 2. The molecule has 0 spiro atoms. The van der Waals surface area contributed by atoms with Crippen molar-refractivity contribution in [2.45, 2.75) is 40.0 Å². The first-order valence-electron chi connectivity index (χ1n) is 8.81. The molecule has 3 N–H and O–H groups in total. The summed E-state index contributed by atoms with van der Waals surface area (Å²) in [6.07, 6.45) is 2.83. The molecule has 0 saturated carbocycles. The van der Waals surface area contributed by atoms with Gasteiger partial charge >= 0.3 is 0 Å². The lowest BCUT2D eigenvalue weighted by Crippen LogP contribution is -2.37. The highest BCUT2D eigenvalue weighted by Gasteiger charge is 2.22. The van der Waals surface area contributed by atoms with Crippen molar-refractivity contribution >= 4 is 17.5 Å².